The quantitative estimate of drug-likeness (QED) is 0.212. The smallest absolute Gasteiger partial charge is 0.303 e. The number of thiocarbonyl (C=S) groups is 1. The normalized spacial score (nSPS) is 26.5. The average Bonchev–Trinajstić information content (AvgIpc) is 3.07. The third kappa shape index (κ3) is 7.14. The summed E-state index contributed by atoms with van der Waals surface area (Å²) in [5.41, 5.74) is 0.754. The molecule has 0 saturated carbocycles. The molecule has 13 heteroatoms. The summed E-state index contributed by atoms with van der Waals surface area (Å²) in [6.07, 6.45) is -5.12. The minimum Gasteiger partial charge on any atom is -0.463 e. The zero-order valence-electron chi connectivity index (χ0n) is 20.4. The fraction of sp³-hybridized carbons (Fsp3) is 0.417. The van der Waals surface area contributed by atoms with Crippen molar-refractivity contribution >= 4 is 64.2 Å². The van der Waals surface area contributed by atoms with Crippen molar-refractivity contribution in [3.8, 4) is 0 Å². The largest absolute Gasteiger partial charge is 0.463 e. The Labute approximate surface area is 222 Å². The van der Waals surface area contributed by atoms with Gasteiger partial charge >= 0.3 is 23.9 Å². The van der Waals surface area contributed by atoms with Crippen molar-refractivity contribution in [3.05, 3.63) is 40.8 Å². The van der Waals surface area contributed by atoms with Gasteiger partial charge in [0.05, 0.1) is 4.91 Å². The molecule has 0 spiro atoms. The van der Waals surface area contributed by atoms with Crippen LogP contribution >= 0.6 is 24.0 Å². The van der Waals surface area contributed by atoms with E-state index in [2.05, 4.69) is 0 Å². The van der Waals surface area contributed by atoms with E-state index in [9.17, 15) is 24.0 Å². The highest BCUT2D eigenvalue weighted by atomic mass is 32.2. The van der Waals surface area contributed by atoms with Gasteiger partial charge in [0.1, 0.15) is 12.7 Å². The Bertz CT molecular complexity index is 1120. The number of thioether (sulfide) groups is 1. The van der Waals surface area contributed by atoms with Gasteiger partial charge in [-0.25, -0.2) is 0 Å². The summed E-state index contributed by atoms with van der Waals surface area (Å²) < 4.78 is 27.4. The number of hydrogen-bond donors (Lipinski definition) is 0. The molecule has 2 aliphatic rings. The molecule has 2 heterocycles. The van der Waals surface area contributed by atoms with Crippen LogP contribution in [0.2, 0.25) is 0 Å². The third-order valence-corrected chi connectivity index (χ3v) is 6.47. The Kier molecular flexibility index (Phi) is 9.40. The summed E-state index contributed by atoms with van der Waals surface area (Å²) >= 11 is 6.46. The second-order valence-corrected chi connectivity index (χ2v) is 9.73. The predicted octanol–water partition coefficient (Wildman–Crippen LogP) is 1.97. The van der Waals surface area contributed by atoms with Crippen LogP contribution in [0.15, 0.2) is 35.2 Å². The first-order valence-electron chi connectivity index (χ1n) is 11.1. The third-order valence-electron chi connectivity index (χ3n) is 5.14. The minimum atomic E-state index is -1.43. The summed E-state index contributed by atoms with van der Waals surface area (Å²) in [4.78, 5) is 62.3. The lowest BCUT2D eigenvalue weighted by atomic mass is 9.96. The first-order chi connectivity index (χ1) is 17.5. The van der Waals surface area contributed by atoms with Gasteiger partial charge in [0, 0.05) is 27.7 Å². The number of nitrogens with zero attached hydrogens (tertiary/aromatic N) is 1. The molecule has 11 nitrogen and oxygen atoms in total. The van der Waals surface area contributed by atoms with Gasteiger partial charge in [0.15, 0.2) is 28.9 Å². The lowest BCUT2D eigenvalue weighted by molar-refractivity contribution is -0.268. The molecule has 198 valence electrons. The number of carbonyl (C=O) groups excluding carboxylic acids is 5. The van der Waals surface area contributed by atoms with Gasteiger partial charge < -0.3 is 23.7 Å². The van der Waals surface area contributed by atoms with Crippen LogP contribution in [0.4, 0.5) is 0 Å². The van der Waals surface area contributed by atoms with Crippen molar-refractivity contribution in [2.24, 2.45) is 0 Å². The van der Waals surface area contributed by atoms with Gasteiger partial charge in [0.2, 0.25) is 0 Å². The number of hydrogen-bond acceptors (Lipinski definition) is 12. The number of esters is 4. The lowest BCUT2D eigenvalue weighted by Gasteiger charge is -2.46. The molecule has 2 fully saturated rings. The first-order valence-corrected chi connectivity index (χ1v) is 12.3. The van der Waals surface area contributed by atoms with E-state index in [1.54, 1.807) is 18.2 Å². The van der Waals surface area contributed by atoms with Crippen molar-refractivity contribution in [1.29, 1.82) is 0 Å². The fourth-order valence-corrected chi connectivity index (χ4v) is 5.12. The van der Waals surface area contributed by atoms with E-state index in [1.165, 1.54) is 6.92 Å². The van der Waals surface area contributed by atoms with Crippen LogP contribution in [0.25, 0.3) is 6.08 Å². The molecular formula is C24H25NO10S2. The highest BCUT2D eigenvalue weighted by molar-refractivity contribution is 8.26. The zero-order chi connectivity index (χ0) is 27.3. The Balaban J connectivity index is 2.05. The maximum atomic E-state index is 13.5. The highest BCUT2D eigenvalue weighted by Gasteiger charge is 2.56. The van der Waals surface area contributed by atoms with E-state index in [1.807, 2.05) is 18.2 Å². The number of carbonyl (C=O) groups is 5. The Morgan fingerprint density at radius 1 is 0.919 bits per heavy atom. The average molecular weight is 552 g/mol. The van der Waals surface area contributed by atoms with Crippen molar-refractivity contribution in [2.75, 3.05) is 6.61 Å². The van der Waals surface area contributed by atoms with Crippen LogP contribution in [-0.4, -0.2) is 76.3 Å². The Hall–Kier alpha value is -3.29. The summed E-state index contributed by atoms with van der Waals surface area (Å²) in [5, 5.41) is 0. The van der Waals surface area contributed by atoms with Crippen LogP contribution in [-0.2, 0) is 47.7 Å². The van der Waals surface area contributed by atoms with Crippen LogP contribution in [0.3, 0.4) is 0 Å². The van der Waals surface area contributed by atoms with Gasteiger partial charge in [-0.05, 0) is 11.6 Å². The van der Waals surface area contributed by atoms with E-state index in [0.29, 0.717) is 0 Å². The van der Waals surface area contributed by atoms with Gasteiger partial charge in [0.25, 0.3) is 5.91 Å². The molecule has 1 aromatic rings. The summed E-state index contributed by atoms with van der Waals surface area (Å²) in [5.74, 6) is -3.50. The molecular weight excluding hydrogens is 526 g/mol. The van der Waals surface area contributed by atoms with Crippen LogP contribution in [0.5, 0.6) is 0 Å². The second kappa shape index (κ2) is 12.3. The lowest BCUT2D eigenvalue weighted by Crippen LogP contribution is -2.66. The van der Waals surface area contributed by atoms with Crippen LogP contribution in [0.1, 0.15) is 33.3 Å². The fourth-order valence-electron chi connectivity index (χ4n) is 3.81. The number of ether oxygens (including phenoxy) is 5. The van der Waals surface area contributed by atoms with E-state index in [-0.39, 0.29) is 9.23 Å². The van der Waals surface area contributed by atoms with Gasteiger partial charge in [-0.15, -0.1) is 0 Å². The Morgan fingerprint density at radius 2 is 1.49 bits per heavy atom. The molecule has 37 heavy (non-hydrogen) atoms. The molecule has 1 aromatic carbocycles. The standard InChI is InChI=1S/C24H25NO10S2/c1-12(26)31-11-17-19(32-13(2)27)20(33-14(3)28)21(34-15(4)29)23(35-17)25-22(30)18(37-24(25)36)10-16-8-6-5-7-9-16/h5-10,17,19-21,23H,11H2,1-4H3/b18-10+/t17-,19+,20+,21+,23-/m0/s1. The number of amides is 1. The molecule has 0 aliphatic carbocycles. The van der Waals surface area contributed by atoms with E-state index >= 15 is 0 Å². The van der Waals surface area contributed by atoms with Crippen molar-refractivity contribution in [2.45, 2.75) is 58.3 Å². The molecule has 2 aliphatic heterocycles. The summed E-state index contributed by atoms with van der Waals surface area (Å²) in [7, 11) is 0. The molecule has 3 rings (SSSR count). The zero-order valence-corrected chi connectivity index (χ0v) is 22.0. The van der Waals surface area contributed by atoms with E-state index < -0.39 is 67.0 Å². The molecule has 0 radical (unpaired) electrons. The first kappa shape index (κ1) is 28.3. The minimum absolute atomic E-state index is 0.0908. The summed E-state index contributed by atoms with van der Waals surface area (Å²) in [6, 6.07) is 9.07. The van der Waals surface area contributed by atoms with Crippen LogP contribution < -0.4 is 0 Å². The molecule has 0 aromatic heterocycles. The maximum absolute atomic E-state index is 13.5. The van der Waals surface area contributed by atoms with Crippen LogP contribution in [0, 0.1) is 0 Å². The molecule has 0 N–H and O–H groups in total. The monoisotopic (exact) mass is 551 g/mol. The van der Waals surface area contributed by atoms with E-state index in [0.717, 1.165) is 43.0 Å². The van der Waals surface area contributed by atoms with Crippen molar-refractivity contribution < 1.29 is 47.7 Å². The van der Waals surface area contributed by atoms with E-state index in [4.69, 9.17) is 35.9 Å². The molecule has 1 amide bonds. The van der Waals surface area contributed by atoms with Gasteiger partial charge in [-0.1, -0.05) is 54.3 Å². The molecule has 0 bridgehead atoms. The SMILES string of the molecule is CC(=O)OC[C@@H]1O[C@H](N2C(=O)/C(=C\c3ccccc3)SC2=S)[C@H](OC(C)=O)[C@H](OC(C)=O)[C@@H]1OC(C)=O. The molecule has 0 unspecified atom stereocenters. The van der Waals surface area contributed by atoms with Gasteiger partial charge in [-0.2, -0.15) is 0 Å². The van der Waals surface area contributed by atoms with Crippen molar-refractivity contribution in [1.82, 2.24) is 4.90 Å². The summed E-state index contributed by atoms with van der Waals surface area (Å²) in [6.45, 7) is 4.11. The number of benzene rings is 1. The van der Waals surface area contributed by atoms with Crippen molar-refractivity contribution in [3.63, 3.8) is 0 Å². The van der Waals surface area contributed by atoms with Gasteiger partial charge in [-0.3, -0.25) is 28.9 Å². The Morgan fingerprint density at radius 3 is 2.05 bits per heavy atom. The highest BCUT2D eigenvalue weighted by Crippen LogP contribution is 2.39. The molecule has 2 saturated heterocycles. The topological polar surface area (TPSA) is 135 Å². The molecule has 5 atom stereocenters. The second-order valence-electron chi connectivity index (χ2n) is 8.05. The number of rotatable bonds is 7. The maximum Gasteiger partial charge on any atom is 0.303 e. The predicted molar refractivity (Wildman–Crippen MR) is 133 cm³/mol.